The first kappa shape index (κ1) is 32.0. The summed E-state index contributed by atoms with van der Waals surface area (Å²) in [5.74, 6) is 3.26. The Morgan fingerprint density at radius 3 is 2.25 bits per heavy atom. The third-order valence-corrected chi connectivity index (χ3v) is 14.1. The molecule has 11 heteroatoms. The van der Waals surface area contributed by atoms with Gasteiger partial charge in [0.25, 0.3) is 21.6 Å². The maximum Gasteiger partial charge on any atom is 0.293 e. The summed E-state index contributed by atoms with van der Waals surface area (Å²) in [6, 6.07) is 11.0. The molecular formula is C37H49N5O5S. The van der Waals surface area contributed by atoms with Crippen LogP contribution in [0.15, 0.2) is 47.4 Å². The fourth-order valence-electron chi connectivity index (χ4n) is 11.0. The van der Waals surface area contributed by atoms with E-state index in [-0.39, 0.29) is 21.8 Å². The van der Waals surface area contributed by atoms with Crippen molar-refractivity contribution in [3.63, 3.8) is 0 Å². The molecule has 2 N–H and O–H groups in total. The van der Waals surface area contributed by atoms with Crippen LogP contribution in [0.5, 0.6) is 0 Å². The van der Waals surface area contributed by atoms with Crippen LogP contribution in [0.4, 0.5) is 17.1 Å². The van der Waals surface area contributed by atoms with E-state index in [1.54, 1.807) is 12.1 Å². The van der Waals surface area contributed by atoms with Gasteiger partial charge in [0.05, 0.1) is 16.0 Å². The van der Waals surface area contributed by atoms with Crippen LogP contribution < -0.4 is 14.9 Å². The van der Waals surface area contributed by atoms with Gasteiger partial charge >= 0.3 is 0 Å². The molecule has 5 aliphatic carbocycles. The van der Waals surface area contributed by atoms with Gasteiger partial charge in [-0.1, -0.05) is 19.3 Å². The van der Waals surface area contributed by atoms with Crippen molar-refractivity contribution in [3.8, 4) is 0 Å². The molecule has 2 aromatic carbocycles. The molecule has 2 saturated heterocycles. The number of nitrogens with zero attached hydrogens (tertiary/aromatic N) is 3. The summed E-state index contributed by atoms with van der Waals surface area (Å²) in [5, 5.41) is 15.0. The average molecular weight is 676 g/mol. The van der Waals surface area contributed by atoms with Crippen LogP contribution in [0.1, 0.15) is 93.8 Å². The van der Waals surface area contributed by atoms with Gasteiger partial charge in [0.1, 0.15) is 5.69 Å². The topological polar surface area (TPSA) is 125 Å². The molecule has 7 fully saturated rings. The number of fused-ring (bicyclic) bond motifs is 2. The minimum absolute atomic E-state index is 0.231. The lowest BCUT2D eigenvalue weighted by atomic mass is 9.49. The Balaban J connectivity index is 0.924. The number of sulfonamides is 1. The lowest BCUT2D eigenvalue weighted by Gasteiger charge is -2.58. The number of carbonyl (C=O) groups excluding carboxylic acids is 1. The van der Waals surface area contributed by atoms with Crippen LogP contribution in [0, 0.1) is 45.1 Å². The highest BCUT2D eigenvalue weighted by atomic mass is 32.2. The third-order valence-electron chi connectivity index (χ3n) is 12.8. The van der Waals surface area contributed by atoms with Crippen LogP contribution in [0.2, 0.25) is 0 Å². The van der Waals surface area contributed by atoms with E-state index < -0.39 is 20.9 Å². The lowest BCUT2D eigenvalue weighted by molar-refractivity contribution is -0.384. The maximum absolute atomic E-state index is 13.2. The monoisotopic (exact) mass is 675 g/mol. The Bertz CT molecular complexity index is 1620. The van der Waals surface area contributed by atoms with Crippen molar-refractivity contribution in [1.29, 1.82) is 0 Å². The van der Waals surface area contributed by atoms with Gasteiger partial charge in [-0.05, 0) is 136 Å². The number of hydrogen-bond donors (Lipinski definition) is 2. The summed E-state index contributed by atoms with van der Waals surface area (Å²) in [4.78, 5) is 29.4. The summed E-state index contributed by atoms with van der Waals surface area (Å²) >= 11 is 0. The van der Waals surface area contributed by atoms with Crippen LogP contribution >= 0.6 is 0 Å². The molecule has 2 heterocycles. The number of anilines is 2. The molecule has 6 bridgehead atoms. The standard InChI is InChI=1S/C37H49N5O5S/c43-36(39-48(46,47)32-10-11-33(34(18-32)42(44)45)38-22-25-4-2-1-3-5-25)30-6-8-31(9-7-30)41-13-12-26-17-35(41)40(23-26)24-37-19-27-14-28(20-37)16-29(15-27)21-37/h6-11,18,25-29,35,38H,1-5,12-17,19-24H2,(H,39,43). The van der Waals surface area contributed by atoms with Crippen molar-refractivity contribution in [3.05, 3.63) is 58.1 Å². The SMILES string of the molecule is O=C(NS(=O)(=O)c1ccc(NCC2CCCCC2)c([N+](=O)[O-])c1)c1ccc(N2CCC3CC2N(CC24CC5CC(CC(C5)C2)C4)C3)cc1. The number of amides is 1. The molecule has 5 saturated carbocycles. The normalized spacial score (nSPS) is 31.6. The summed E-state index contributed by atoms with van der Waals surface area (Å²) in [6.07, 6.45) is 17.0. The summed E-state index contributed by atoms with van der Waals surface area (Å²) in [6.45, 7) is 3.98. The second-order valence-corrected chi connectivity index (χ2v) is 17.9. The Hall–Kier alpha value is -3.18. The van der Waals surface area contributed by atoms with Gasteiger partial charge in [0.2, 0.25) is 0 Å². The van der Waals surface area contributed by atoms with Gasteiger partial charge in [-0.15, -0.1) is 0 Å². The van der Waals surface area contributed by atoms with Gasteiger partial charge in [-0.2, -0.15) is 0 Å². The van der Waals surface area contributed by atoms with E-state index in [1.165, 1.54) is 76.6 Å². The molecule has 1 amide bonds. The predicted octanol–water partition coefficient (Wildman–Crippen LogP) is 6.78. The first-order valence-electron chi connectivity index (χ1n) is 18.3. The van der Waals surface area contributed by atoms with Crippen LogP contribution in [-0.4, -0.2) is 56.5 Å². The number of piperidine rings is 1. The van der Waals surface area contributed by atoms with E-state index in [2.05, 4.69) is 19.8 Å². The second-order valence-electron chi connectivity index (χ2n) is 16.2. The molecule has 2 aromatic rings. The second kappa shape index (κ2) is 12.6. The highest BCUT2D eigenvalue weighted by Crippen LogP contribution is 2.60. The van der Waals surface area contributed by atoms with Crippen molar-refractivity contribution < 1.29 is 18.1 Å². The van der Waals surface area contributed by atoms with Gasteiger partial charge < -0.3 is 10.2 Å². The largest absolute Gasteiger partial charge is 0.379 e. The number of carbonyl (C=O) groups is 1. The average Bonchev–Trinajstić information content (AvgIpc) is 3.36. The van der Waals surface area contributed by atoms with Gasteiger partial charge in [-0.3, -0.25) is 19.8 Å². The Kier molecular flexibility index (Phi) is 8.42. The van der Waals surface area contributed by atoms with Gasteiger partial charge in [-0.25, -0.2) is 13.1 Å². The van der Waals surface area contributed by atoms with E-state index in [0.717, 1.165) is 74.1 Å². The van der Waals surface area contributed by atoms with Crippen molar-refractivity contribution in [2.24, 2.45) is 35.0 Å². The minimum Gasteiger partial charge on any atom is -0.379 e. The van der Waals surface area contributed by atoms with Crippen LogP contribution in [-0.2, 0) is 10.0 Å². The first-order chi connectivity index (χ1) is 23.1. The molecule has 2 aliphatic heterocycles. The fourth-order valence-corrected chi connectivity index (χ4v) is 12.0. The fraction of sp³-hybridized carbons (Fsp3) is 0.649. The van der Waals surface area contributed by atoms with Gasteiger partial charge in [0, 0.05) is 43.5 Å². The summed E-state index contributed by atoms with van der Waals surface area (Å²) in [7, 11) is -4.33. The molecule has 0 aromatic heterocycles. The maximum atomic E-state index is 13.2. The van der Waals surface area contributed by atoms with E-state index in [9.17, 15) is 23.3 Å². The highest BCUT2D eigenvalue weighted by molar-refractivity contribution is 7.90. The molecule has 258 valence electrons. The van der Waals surface area contributed by atoms with E-state index in [0.29, 0.717) is 24.0 Å². The molecule has 7 aliphatic rings. The third kappa shape index (κ3) is 6.32. The van der Waals surface area contributed by atoms with Crippen LogP contribution in [0.3, 0.4) is 0 Å². The zero-order valence-corrected chi connectivity index (χ0v) is 28.6. The Morgan fingerprint density at radius 1 is 0.896 bits per heavy atom. The van der Waals surface area contributed by atoms with Crippen molar-refractivity contribution in [1.82, 2.24) is 9.62 Å². The van der Waals surface area contributed by atoms with Crippen molar-refractivity contribution in [2.45, 2.75) is 94.5 Å². The van der Waals surface area contributed by atoms with Crippen LogP contribution in [0.25, 0.3) is 0 Å². The molecule has 48 heavy (non-hydrogen) atoms. The predicted molar refractivity (Wildman–Crippen MR) is 185 cm³/mol. The first-order valence-corrected chi connectivity index (χ1v) is 19.8. The zero-order chi connectivity index (χ0) is 33.0. The smallest absolute Gasteiger partial charge is 0.293 e. The minimum atomic E-state index is -4.33. The van der Waals surface area contributed by atoms with Crippen molar-refractivity contribution in [2.75, 3.05) is 36.4 Å². The molecule has 9 rings (SSSR count). The number of hydrogen-bond acceptors (Lipinski definition) is 8. The molecule has 0 spiro atoms. The molecule has 10 nitrogen and oxygen atoms in total. The van der Waals surface area contributed by atoms with E-state index >= 15 is 0 Å². The number of likely N-dealkylation sites (tertiary alicyclic amines) is 1. The highest BCUT2D eigenvalue weighted by Gasteiger charge is 2.53. The summed E-state index contributed by atoms with van der Waals surface area (Å²) < 4.78 is 28.6. The number of nitro groups is 1. The van der Waals surface area contributed by atoms with E-state index in [1.807, 2.05) is 12.1 Å². The quantitative estimate of drug-likeness (QED) is 0.209. The number of benzene rings is 2. The molecular weight excluding hydrogens is 627 g/mol. The van der Waals surface area contributed by atoms with Gasteiger partial charge in [0.15, 0.2) is 0 Å². The van der Waals surface area contributed by atoms with E-state index in [4.69, 9.17) is 0 Å². The Labute approximate surface area is 284 Å². The Morgan fingerprint density at radius 2 is 1.58 bits per heavy atom. The number of nitro benzene ring substituents is 1. The molecule has 2 unspecified atom stereocenters. The van der Waals surface area contributed by atoms with Crippen molar-refractivity contribution >= 4 is 33.0 Å². The molecule has 2 atom stereocenters. The lowest BCUT2D eigenvalue weighted by Crippen LogP contribution is -2.54. The zero-order valence-electron chi connectivity index (χ0n) is 27.8. The summed E-state index contributed by atoms with van der Waals surface area (Å²) in [5.41, 5.74) is 1.75. The number of nitrogens with one attached hydrogen (secondary N) is 2. The molecule has 0 radical (unpaired) electrons. The number of rotatable bonds is 10.